The van der Waals surface area contributed by atoms with Crippen molar-refractivity contribution in [2.45, 2.75) is 12.3 Å². The van der Waals surface area contributed by atoms with E-state index in [1.54, 1.807) is 0 Å². The zero-order valence-electron chi connectivity index (χ0n) is 9.91. The van der Waals surface area contributed by atoms with Crippen molar-refractivity contribution in [2.75, 3.05) is 0 Å². The number of carbonyl (C=O) groups is 1. The Morgan fingerprint density at radius 1 is 1.00 bits per heavy atom. The summed E-state index contributed by atoms with van der Waals surface area (Å²) in [5, 5.41) is 8.97. The molecule has 3 rings (SSSR count). The van der Waals surface area contributed by atoms with Gasteiger partial charge >= 0.3 is 5.97 Å². The number of benzene rings is 2. The molecule has 2 aromatic rings. The molecule has 0 amide bonds. The van der Waals surface area contributed by atoms with Gasteiger partial charge in [-0.2, -0.15) is 0 Å². The minimum absolute atomic E-state index is 0.184. The number of rotatable bonds is 3. The summed E-state index contributed by atoms with van der Waals surface area (Å²) in [7, 11) is 0. The van der Waals surface area contributed by atoms with E-state index in [4.69, 9.17) is 5.11 Å². The number of aliphatic carboxylic acids is 1. The Morgan fingerprint density at radius 2 is 1.72 bits per heavy atom. The van der Waals surface area contributed by atoms with Gasteiger partial charge in [-0.3, -0.25) is 4.79 Å². The molecule has 2 atom stereocenters. The van der Waals surface area contributed by atoms with Crippen LogP contribution in [0.1, 0.15) is 17.9 Å². The third kappa shape index (κ3) is 2.02. The van der Waals surface area contributed by atoms with Gasteiger partial charge in [0.25, 0.3) is 0 Å². The second kappa shape index (κ2) is 4.30. The third-order valence-corrected chi connectivity index (χ3v) is 3.53. The van der Waals surface area contributed by atoms with Gasteiger partial charge in [-0.15, -0.1) is 0 Å². The molecule has 1 fully saturated rings. The maximum absolute atomic E-state index is 10.9. The van der Waals surface area contributed by atoms with Gasteiger partial charge in [-0.1, -0.05) is 54.6 Å². The predicted octanol–water partition coefficient (Wildman–Crippen LogP) is 3.54. The highest BCUT2D eigenvalue weighted by molar-refractivity contribution is 5.75. The minimum atomic E-state index is -0.676. The van der Waals surface area contributed by atoms with Crippen LogP contribution < -0.4 is 0 Å². The van der Waals surface area contributed by atoms with Crippen molar-refractivity contribution in [2.24, 2.45) is 5.92 Å². The molecular weight excluding hydrogens is 224 g/mol. The van der Waals surface area contributed by atoms with Gasteiger partial charge in [-0.25, -0.2) is 0 Å². The molecule has 2 nitrogen and oxygen atoms in total. The van der Waals surface area contributed by atoms with Crippen LogP contribution in [0.4, 0.5) is 0 Å². The zero-order chi connectivity index (χ0) is 12.5. The molecule has 0 bridgehead atoms. The molecule has 18 heavy (non-hydrogen) atoms. The normalized spacial score (nSPS) is 21.6. The van der Waals surface area contributed by atoms with Gasteiger partial charge in [-0.05, 0) is 29.0 Å². The van der Waals surface area contributed by atoms with Crippen LogP contribution in [0.15, 0.2) is 54.6 Å². The van der Waals surface area contributed by atoms with Crippen molar-refractivity contribution in [3.8, 4) is 11.1 Å². The molecule has 1 N–H and O–H groups in total. The maximum atomic E-state index is 10.9. The zero-order valence-corrected chi connectivity index (χ0v) is 9.91. The average molecular weight is 238 g/mol. The van der Waals surface area contributed by atoms with E-state index >= 15 is 0 Å². The first-order valence-electron chi connectivity index (χ1n) is 6.14. The maximum Gasteiger partial charge on any atom is 0.307 e. The number of hydrogen-bond acceptors (Lipinski definition) is 1. The fourth-order valence-corrected chi connectivity index (χ4v) is 2.42. The van der Waals surface area contributed by atoms with Crippen LogP contribution in [0.2, 0.25) is 0 Å². The molecule has 0 radical (unpaired) electrons. The second-order valence-electron chi connectivity index (χ2n) is 4.78. The molecule has 1 aliphatic carbocycles. The Labute approximate surface area is 106 Å². The lowest BCUT2D eigenvalue weighted by Crippen LogP contribution is -1.98. The van der Waals surface area contributed by atoms with Crippen LogP contribution >= 0.6 is 0 Å². The van der Waals surface area contributed by atoms with Crippen LogP contribution in [0.5, 0.6) is 0 Å². The quantitative estimate of drug-likeness (QED) is 0.888. The Hall–Kier alpha value is -2.09. The van der Waals surface area contributed by atoms with Crippen LogP contribution in [-0.2, 0) is 4.79 Å². The van der Waals surface area contributed by atoms with E-state index in [-0.39, 0.29) is 11.8 Å². The minimum Gasteiger partial charge on any atom is -0.481 e. The van der Waals surface area contributed by atoms with Crippen molar-refractivity contribution < 1.29 is 9.90 Å². The average Bonchev–Trinajstić information content (AvgIpc) is 3.20. The summed E-state index contributed by atoms with van der Waals surface area (Å²) < 4.78 is 0. The summed E-state index contributed by atoms with van der Waals surface area (Å²) in [6.45, 7) is 0. The third-order valence-electron chi connectivity index (χ3n) is 3.53. The monoisotopic (exact) mass is 238 g/mol. The summed E-state index contributed by atoms with van der Waals surface area (Å²) in [5.74, 6) is -0.660. The van der Waals surface area contributed by atoms with E-state index in [0.717, 1.165) is 17.5 Å². The molecule has 0 spiro atoms. The topological polar surface area (TPSA) is 37.3 Å². The highest BCUT2D eigenvalue weighted by Crippen LogP contribution is 2.48. The second-order valence-corrected chi connectivity index (χ2v) is 4.78. The largest absolute Gasteiger partial charge is 0.481 e. The van der Waals surface area contributed by atoms with Gasteiger partial charge in [0.15, 0.2) is 0 Å². The molecule has 0 aromatic heterocycles. The number of hydrogen-bond donors (Lipinski definition) is 1. The lowest BCUT2D eigenvalue weighted by atomic mass is 10.0. The highest BCUT2D eigenvalue weighted by atomic mass is 16.4. The van der Waals surface area contributed by atoms with Gasteiger partial charge in [0, 0.05) is 0 Å². The molecule has 90 valence electrons. The summed E-state index contributed by atoms with van der Waals surface area (Å²) in [4.78, 5) is 10.9. The first-order chi connectivity index (χ1) is 8.75. The van der Waals surface area contributed by atoms with Crippen LogP contribution in [0, 0.1) is 5.92 Å². The lowest BCUT2D eigenvalue weighted by Gasteiger charge is -2.04. The van der Waals surface area contributed by atoms with Crippen LogP contribution in [-0.4, -0.2) is 11.1 Å². The van der Waals surface area contributed by atoms with E-state index in [9.17, 15) is 4.79 Å². The summed E-state index contributed by atoms with van der Waals surface area (Å²) in [5.41, 5.74) is 3.47. The Kier molecular flexibility index (Phi) is 2.63. The fraction of sp³-hybridized carbons (Fsp3) is 0.188. The highest BCUT2D eigenvalue weighted by Gasteiger charge is 2.44. The van der Waals surface area contributed by atoms with E-state index in [1.165, 1.54) is 5.56 Å². The molecule has 0 aliphatic heterocycles. The Morgan fingerprint density at radius 3 is 2.39 bits per heavy atom. The van der Waals surface area contributed by atoms with Crippen LogP contribution in [0.3, 0.4) is 0 Å². The standard InChI is InChI=1S/C16H14O2/c17-16(18)15-10-14(15)13-8-4-7-12(9-13)11-5-2-1-3-6-11/h1-9,14-15H,10H2,(H,17,18)/t14-,15+/m0/s1. The van der Waals surface area contributed by atoms with E-state index in [0.29, 0.717) is 0 Å². The lowest BCUT2D eigenvalue weighted by molar-refractivity contribution is -0.138. The molecule has 1 saturated carbocycles. The first-order valence-corrected chi connectivity index (χ1v) is 6.14. The van der Waals surface area contributed by atoms with Gasteiger partial charge in [0.2, 0.25) is 0 Å². The molecule has 0 heterocycles. The molecule has 1 aliphatic rings. The molecule has 2 heteroatoms. The molecular formula is C16H14O2. The summed E-state index contributed by atoms with van der Waals surface area (Å²) >= 11 is 0. The Bertz CT molecular complexity index is 575. The van der Waals surface area contributed by atoms with Gasteiger partial charge < -0.3 is 5.11 Å². The summed E-state index contributed by atoms with van der Waals surface area (Å²) in [6, 6.07) is 18.4. The summed E-state index contributed by atoms with van der Waals surface area (Å²) in [6.07, 6.45) is 0.771. The van der Waals surface area contributed by atoms with Crippen molar-refractivity contribution in [3.63, 3.8) is 0 Å². The van der Waals surface area contributed by atoms with Gasteiger partial charge in [0.05, 0.1) is 5.92 Å². The first kappa shape index (κ1) is 11.0. The number of carboxylic acid groups (broad SMARTS) is 1. The van der Waals surface area contributed by atoms with Crippen molar-refractivity contribution in [3.05, 3.63) is 60.2 Å². The van der Waals surface area contributed by atoms with Crippen molar-refractivity contribution >= 4 is 5.97 Å². The van der Waals surface area contributed by atoms with E-state index < -0.39 is 5.97 Å². The number of carboxylic acids is 1. The fourth-order valence-electron chi connectivity index (χ4n) is 2.42. The molecule has 0 unspecified atom stereocenters. The molecule has 0 saturated heterocycles. The predicted molar refractivity (Wildman–Crippen MR) is 70.4 cm³/mol. The van der Waals surface area contributed by atoms with E-state index in [2.05, 4.69) is 24.3 Å². The smallest absolute Gasteiger partial charge is 0.307 e. The van der Waals surface area contributed by atoms with Crippen molar-refractivity contribution in [1.82, 2.24) is 0 Å². The SMILES string of the molecule is O=C(O)[C@@H]1C[C@H]1c1cccc(-c2ccccc2)c1. The van der Waals surface area contributed by atoms with E-state index in [1.807, 2.05) is 30.3 Å². The Balaban J connectivity index is 1.89. The van der Waals surface area contributed by atoms with Crippen LogP contribution in [0.25, 0.3) is 11.1 Å². The molecule has 2 aromatic carbocycles. The van der Waals surface area contributed by atoms with Crippen molar-refractivity contribution in [1.29, 1.82) is 0 Å². The van der Waals surface area contributed by atoms with Gasteiger partial charge in [0.1, 0.15) is 0 Å².